The number of hydrogen-bond acceptors (Lipinski definition) is 6. The van der Waals surface area contributed by atoms with Crippen molar-refractivity contribution in [3.63, 3.8) is 0 Å². The Bertz CT molecular complexity index is 797. The Kier molecular flexibility index (Phi) is 10.8. The normalized spacial score (nSPS) is 15.7. The van der Waals surface area contributed by atoms with E-state index in [4.69, 9.17) is 4.74 Å². The fourth-order valence-corrected chi connectivity index (χ4v) is 3.37. The van der Waals surface area contributed by atoms with E-state index in [1.54, 1.807) is 19.4 Å². The second kappa shape index (κ2) is 13.3. The van der Waals surface area contributed by atoms with Gasteiger partial charge in [0.1, 0.15) is 11.9 Å². The van der Waals surface area contributed by atoms with Gasteiger partial charge in [-0.3, -0.25) is 9.89 Å². The molecular weight excluding hydrogens is 505 g/mol. The van der Waals surface area contributed by atoms with Crippen LogP contribution in [0, 0.1) is 6.92 Å². The number of ether oxygens (including phenoxy) is 1. The predicted molar refractivity (Wildman–Crippen MR) is 137 cm³/mol. The van der Waals surface area contributed by atoms with E-state index in [2.05, 4.69) is 55.3 Å². The summed E-state index contributed by atoms with van der Waals surface area (Å²) in [5.74, 6) is 2.54. The number of hydrogen-bond donors (Lipinski definition) is 2. The number of piperazine rings is 1. The molecule has 170 valence electrons. The van der Waals surface area contributed by atoms with Gasteiger partial charge in [0.05, 0.1) is 6.54 Å². The van der Waals surface area contributed by atoms with Gasteiger partial charge in [0, 0.05) is 58.7 Å². The predicted octanol–water partition coefficient (Wildman–Crippen LogP) is 2.16. The molecule has 0 aliphatic carbocycles. The van der Waals surface area contributed by atoms with Gasteiger partial charge in [-0.05, 0) is 31.5 Å². The van der Waals surface area contributed by atoms with Gasteiger partial charge >= 0.3 is 0 Å². The summed E-state index contributed by atoms with van der Waals surface area (Å²) in [4.78, 5) is 17.7. The lowest BCUT2D eigenvalue weighted by Crippen LogP contribution is -2.50. The number of halogens is 1. The summed E-state index contributed by atoms with van der Waals surface area (Å²) >= 11 is 0. The van der Waals surface area contributed by atoms with Crippen molar-refractivity contribution in [1.29, 1.82) is 0 Å². The lowest BCUT2D eigenvalue weighted by Gasteiger charge is -2.34. The lowest BCUT2D eigenvalue weighted by molar-refractivity contribution is 0.222. The summed E-state index contributed by atoms with van der Waals surface area (Å²) in [5, 5.41) is 6.74. The number of nitrogens with one attached hydrogen (secondary N) is 2. The zero-order valence-corrected chi connectivity index (χ0v) is 21.0. The van der Waals surface area contributed by atoms with Crippen LogP contribution in [0.4, 0.5) is 5.95 Å². The van der Waals surface area contributed by atoms with Crippen LogP contribution < -0.4 is 20.3 Å². The summed E-state index contributed by atoms with van der Waals surface area (Å²) < 4.78 is 6.02. The van der Waals surface area contributed by atoms with Crippen molar-refractivity contribution in [3.8, 4) is 5.75 Å². The second-order valence-electron chi connectivity index (χ2n) is 7.45. The van der Waals surface area contributed by atoms with Crippen LogP contribution in [-0.4, -0.2) is 79.8 Å². The highest BCUT2D eigenvalue weighted by atomic mass is 127. The SMILES string of the molecule is CN=C(NCCN1CCN(c2ncccn2)CC1)NCC(C)Oc1ccccc1C.I. The molecule has 1 saturated heterocycles. The number of aromatic nitrogens is 2. The van der Waals surface area contributed by atoms with Crippen molar-refractivity contribution in [2.24, 2.45) is 4.99 Å². The molecule has 1 aliphatic heterocycles. The molecule has 0 radical (unpaired) electrons. The number of para-hydroxylation sites is 1. The zero-order valence-electron chi connectivity index (χ0n) is 18.6. The third kappa shape index (κ3) is 8.13. The van der Waals surface area contributed by atoms with E-state index in [-0.39, 0.29) is 30.1 Å². The van der Waals surface area contributed by atoms with Gasteiger partial charge in [0.25, 0.3) is 0 Å². The summed E-state index contributed by atoms with van der Waals surface area (Å²) in [5.41, 5.74) is 1.14. The number of aliphatic imine (C=N–C) groups is 1. The van der Waals surface area contributed by atoms with Gasteiger partial charge < -0.3 is 20.3 Å². The largest absolute Gasteiger partial charge is 0.489 e. The van der Waals surface area contributed by atoms with Crippen molar-refractivity contribution in [1.82, 2.24) is 25.5 Å². The Morgan fingerprint density at radius 1 is 1.10 bits per heavy atom. The molecule has 8 nitrogen and oxygen atoms in total. The van der Waals surface area contributed by atoms with Crippen molar-refractivity contribution in [2.75, 3.05) is 57.8 Å². The highest BCUT2D eigenvalue weighted by molar-refractivity contribution is 14.0. The number of benzene rings is 1. The Morgan fingerprint density at radius 2 is 1.81 bits per heavy atom. The number of nitrogens with zero attached hydrogens (tertiary/aromatic N) is 5. The molecule has 1 aromatic heterocycles. The lowest BCUT2D eigenvalue weighted by atomic mass is 10.2. The molecule has 0 spiro atoms. The van der Waals surface area contributed by atoms with Gasteiger partial charge in [0.2, 0.25) is 5.95 Å². The van der Waals surface area contributed by atoms with Crippen LogP contribution in [0.15, 0.2) is 47.7 Å². The van der Waals surface area contributed by atoms with E-state index in [0.717, 1.165) is 62.5 Å². The molecule has 0 amide bonds. The van der Waals surface area contributed by atoms with Crippen LogP contribution in [0.2, 0.25) is 0 Å². The van der Waals surface area contributed by atoms with Crippen LogP contribution in [0.3, 0.4) is 0 Å². The molecule has 3 rings (SSSR count). The van der Waals surface area contributed by atoms with E-state index in [1.165, 1.54) is 0 Å². The number of anilines is 1. The van der Waals surface area contributed by atoms with Crippen LogP contribution >= 0.6 is 24.0 Å². The molecule has 31 heavy (non-hydrogen) atoms. The van der Waals surface area contributed by atoms with Crippen molar-refractivity contribution in [2.45, 2.75) is 20.0 Å². The molecule has 1 fully saturated rings. The molecule has 2 aromatic rings. The third-order valence-corrected chi connectivity index (χ3v) is 5.13. The maximum atomic E-state index is 6.02. The van der Waals surface area contributed by atoms with E-state index < -0.39 is 0 Å². The second-order valence-corrected chi connectivity index (χ2v) is 7.45. The Hall–Kier alpha value is -2.14. The maximum Gasteiger partial charge on any atom is 0.225 e. The van der Waals surface area contributed by atoms with E-state index in [1.807, 2.05) is 24.3 Å². The average Bonchev–Trinajstić information content (AvgIpc) is 2.78. The van der Waals surface area contributed by atoms with E-state index >= 15 is 0 Å². The molecule has 2 heterocycles. The minimum absolute atomic E-state index is 0. The maximum absolute atomic E-state index is 6.02. The molecule has 1 unspecified atom stereocenters. The first-order valence-electron chi connectivity index (χ1n) is 10.6. The van der Waals surface area contributed by atoms with Crippen LogP contribution in [0.5, 0.6) is 5.75 Å². The van der Waals surface area contributed by atoms with Crippen molar-refractivity contribution >= 4 is 35.9 Å². The quantitative estimate of drug-likeness (QED) is 0.303. The van der Waals surface area contributed by atoms with Gasteiger partial charge in [-0.1, -0.05) is 18.2 Å². The zero-order chi connectivity index (χ0) is 21.2. The number of rotatable bonds is 8. The topological polar surface area (TPSA) is 77.9 Å². The molecule has 1 atom stereocenters. The average molecular weight is 539 g/mol. The molecule has 0 bridgehead atoms. The fraction of sp³-hybridized carbons (Fsp3) is 0.500. The highest BCUT2D eigenvalue weighted by Crippen LogP contribution is 2.17. The minimum atomic E-state index is 0. The third-order valence-electron chi connectivity index (χ3n) is 5.13. The number of aryl methyl sites for hydroxylation is 1. The first-order chi connectivity index (χ1) is 14.7. The van der Waals surface area contributed by atoms with Crippen LogP contribution in [0.1, 0.15) is 12.5 Å². The van der Waals surface area contributed by atoms with Crippen LogP contribution in [0.25, 0.3) is 0 Å². The summed E-state index contributed by atoms with van der Waals surface area (Å²) in [7, 11) is 1.79. The minimum Gasteiger partial charge on any atom is -0.489 e. The summed E-state index contributed by atoms with van der Waals surface area (Å²) in [6.07, 6.45) is 3.63. The molecule has 2 N–H and O–H groups in total. The Morgan fingerprint density at radius 3 is 2.48 bits per heavy atom. The highest BCUT2D eigenvalue weighted by Gasteiger charge is 2.18. The van der Waals surface area contributed by atoms with Gasteiger partial charge in [-0.2, -0.15) is 0 Å². The van der Waals surface area contributed by atoms with Crippen LogP contribution in [-0.2, 0) is 0 Å². The van der Waals surface area contributed by atoms with Gasteiger partial charge in [0.15, 0.2) is 5.96 Å². The monoisotopic (exact) mass is 539 g/mol. The molecule has 9 heteroatoms. The van der Waals surface area contributed by atoms with Gasteiger partial charge in [-0.15, -0.1) is 24.0 Å². The summed E-state index contributed by atoms with van der Waals surface area (Å²) in [6.45, 7) is 10.5. The first kappa shape index (κ1) is 25.1. The van der Waals surface area contributed by atoms with Crippen molar-refractivity contribution < 1.29 is 4.74 Å². The molecule has 0 saturated carbocycles. The fourth-order valence-electron chi connectivity index (χ4n) is 3.37. The van der Waals surface area contributed by atoms with E-state index in [9.17, 15) is 0 Å². The Labute approximate surface area is 202 Å². The number of guanidine groups is 1. The Balaban J connectivity index is 0.00000341. The van der Waals surface area contributed by atoms with Gasteiger partial charge in [-0.25, -0.2) is 9.97 Å². The van der Waals surface area contributed by atoms with Crippen molar-refractivity contribution in [3.05, 3.63) is 48.3 Å². The molecule has 1 aliphatic rings. The van der Waals surface area contributed by atoms with E-state index in [0.29, 0.717) is 6.54 Å². The molecular formula is C22H34IN7O. The first-order valence-corrected chi connectivity index (χ1v) is 10.6. The standard InChI is InChI=1S/C22H33N7O.HI/c1-18-7-4-5-8-20(18)30-19(2)17-27-21(23-3)24-11-12-28-13-15-29(16-14-28)22-25-9-6-10-26-22;/h4-10,19H,11-17H2,1-3H3,(H2,23,24,27);1H. The smallest absolute Gasteiger partial charge is 0.225 e. The summed E-state index contributed by atoms with van der Waals surface area (Å²) in [6, 6.07) is 9.93. The molecule has 1 aromatic carbocycles.